The maximum Gasteiger partial charge on any atom is 0.248 e. The molecule has 1 atom stereocenters. The van der Waals surface area contributed by atoms with E-state index in [4.69, 9.17) is 20.8 Å². The van der Waals surface area contributed by atoms with Gasteiger partial charge in [-0.1, -0.05) is 29.8 Å². The average molecular weight is 462 g/mol. The van der Waals surface area contributed by atoms with Crippen LogP contribution in [0.5, 0.6) is 5.75 Å². The summed E-state index contributed by atoms with van der Waals surface area (Å²) in [7, 11) is -3.71. The zero-order valence-electron chi connectivity index (χ0n) is 17.4. The van der Waals surface area contributed by atoms with Gasteiger partial charge in [0, 0.05) is 18.7 Å². The summed E-state index contributed by atoms with van der Waals surface area (Å²) in [5.41, 5.74) is 1.92. The van der Waals surface area contributed by atoms with Crippen molar-refractivity contribution >= 4 is 21.6 Å². The van der Waals surface area contributed by atoms with Crippen molar-refractivity contribution in [2.75, 3.05) is 19.7 Å². The fourth-order valence-corrected chi connectivity index (χ4v) is 5.60. The van der Waals surface area contributed by atoms with Crippen molar-refractivity contribution in [3.05, 3.63) is 58.9 Å². The minimum absolute atomic E-state index is 0.146. The van der Waals surface area contributed by atoms with Crippen LogP contribution in [-0.2, 0) is 10.0 Å². The van der Waals surface area contributed by atoms with Gasteiger partial charge in [0.05, 0.1) is 22.4 Å². The van der Waals surface area contributed by atoms with Gasteiger partial charge >= 0.3 is 0 Å². The summed E-state index contributed by atoms with van der Waals surface area (Å²) in [5, 5.41) is 8.68. The van der Waals surface area contributed by atoms with Crippen molar-refractivity contribution in [3.8, 4) is 17.2 Å². The van der Waals surface area contributed by atoms with Gasteiger partial charge in [-0.15, -0.1) is 10.2 Å². The van der Waals surface area contributed by atoms with Gasteiger partial charge in [-0.25, -0.2) is 8.42 Å². The van der Waals surface area contributed by atoms with Crippen LogP contribution < -0.4 is 4.74 Å². The van der Waals surface area contributed by atoms with Gasteiger partial charge < -0.3 is 9.15 Å². The lowest BCUT2D eigenvalue weighted by atomic mass is 10.00. The molecule has 7 nitrogen and oxygen atoms in total. The first kappa shape index (κ1) is 21.8. The smallest absolute Gasteiger partial charge is 0.248 e. The maximum absolute atomic E-state index is 13.2. The first-order valence-electron chi connectivity index (χ1n) is 10.2. The standard InChI is InChI=1S/C22H24ClN3O4S/c1-3-29-20-11-10-17(13-19(20)23)31(27,28)26-12-6-8-16(14-26)21-24-25-22(30-21)18-9-5-4-7-15(18)2/h4-5,7,9-11,13,16H,3,6,8,12,14H2,1-2H3/t16-/m0/s1. The van der Waals surface area contributed by atoms with Gasteiger partial charge in [0.15, 0.2) is 0 Å². The molecule has 0 radical (unpaired) electrons. The Kier molecular flexibility index (Phi) is 6.31. The average Bonchev–Trinajstić information content (AvgIpc) is 3.26. The van der Waals surface area contributed by atoms with E-state index >= 15 is 0 Å². The van der Waals surface area contributed by atoms with Crippen LogP contribution in [0.3, 0.4) is 0 Å². The molecule has 9 heteroatoms. The van der Waals surface area contributed by atoms with E-state index in [-0.39, 0.29) is 22.4 Å². The second-order valence-corrected chi connectivity index (χ2v) is 9.83. The highest BCUT2D eigenvalue weighted by Gasteiger charge is 2.33. The molecule has 0 amide bonds. The van der Waals surface area contributed by atoms with Crippen molar-refractivity contribution in [1.29, 1.82) is 0 Å². The molecule has 1 aromatic heterocycles. The van der Waals surface area contributed by atoms with Crippen LogP contribution in [0.4, 0.5) is 0 Å². The molecule has 0 N–H and O–H groups in total. The van der Waals surface area contributed by atoms with Crippen molar-refractivity contribution < 1.29 is 17.6 Å². The Morgan fingerprint density at radius 3 is 2.77 bits per heavy atom. The zero-order chi connectivity index (χ0) is 22.0. The number of ether oxygens (including phenoxy) is 1. The number of nitrogens with zero attached hydrogens (tertiary/aromatic N) is 3. The van der Waals surface area contributed by atoms with Crippen LogP contribution >= 0.6 is 11.6 Å². The maximum atomic E-state index is 13.2. The lowest BCUT2D eigenvalue weighted by Crippen LogP contribution is -2.39. The molecule has 0 saturated carbocycles. The normalized spacial score (nSPS) is 17.6. The molecule has 0 bridgehead atoms. The van der Waals surface area contributed by atoms with Gasteiger partial charge in [0.25, 0.3) is 0 Å². The van der Waals surface area contributed by atoms with E-state index in [1.54, 1.807) is 6.07 Å². The topological polar surface area (TPSA) is 85.5 Å². The van der Waals surface area contributed by atoms with E-state index in [1.807, 2.05) is 38.1 Å². The van der Waals surface area contributed by atoms with Gasteiger partial charge in [-0.2, -0.15) is 4.31 Å². The van der Waals surface area contributed by atoms with Crippen molar-refractivity contribution in [1.82, 2.24) is 14.5 Å². The van der Waals surface area contributed by atoms with Crippen LogP contribution in [0.2, 0.25) is 5.02 Å². The molecule has 4 rings (SSSR count). The number of hydrogen-bond acceptors (Lipinski definition) is 6. The van der Waals surface area contributed by atoms with E-state index in [0.717, 1.165) is 17.5 Å². The molecule has 3 aromatic rings. The number of hydrogen-bond donors (Lipinski definition) is 0. The molecule has 0 aliphatic carbocycles. The molecule has 1 fully saturated rings. The van der Waals surface area contributed by atoms with Crippen molar-refractivity contribution in [3.63, 3.8) is 0 Å². The van der Waals surface area contributed by atoms with E-state index in [9.17, 15) is 8.42 Å². The number of piperidine rings is 1. The molecule has 1 aliphatic heterocycles. The van der Waals surface area contributed by atoms with Crippen LogP contribution in [0.15, 0.2) is 51.8 Å². The highest BCUT2D eigenvalue weighted by molar-refractivity contribution is 7.89. The lowest BCUT2D eigenvalue weighted by Gasteiger charge is -2.30. The SMILES string of the molecule is CCOc1ccc(S(=O)(=O)N2CCC[C@H](c3nnc(-c4ccccc4C)o3)C2)cc1Cl. The Labute approximate surface area is 187 Å². The van der Waals surface area contributed by atoms with E-state index in [1.165, 1.54) is 16.4 Å². The minimum Gasteiger partial charge on any atom is -0.492 e. The monoisotopic (exact) mass is 461 g/mol. The molecule has 2 aromatic carbocycles. The Morgan fingerprint density at radius 2 is 2.03 bits per heavy atom. The first-order valence-corrected chi connectivity index (χ1v) is 12.0. The van der Waals surface area contributed by atoms with Crippen molar-refractivity contribution in [2.45, 2.75) is 37.5 Å². The molecule has 2 heterocycles. The summed E-state index contributed by atoms with van der Waals surface area (Å²) in [4.78, 5) is 0.146. The summed E-state index contributed by atoms with van der Waals surface area (Å²) in [6.07, 6.45) is 1.49. The Morgan fingerprint density at radius 1 is 1.23 bits per heavy atom. The van der Waals surface area contributed by atoms with Crippen LogP contribution in [0.25, 0.3) is 11.5 Å². The highest BCUT2D eigenvalue weighted by atomic mass is 35.5. The molecule has 0 spiro atoms. The number of aryl methyl sites for hydroxylation is 1. The van der Waals surface area contributed by atoms with E-state index in [0.29, 0.717) is 37.1 Å². The quantitative estimate of drug-likeness (QED) is 0.530. The highest BCUT2D eigenvalue weighted by Crippen LogP contribution is 2.33. The van der Waals surface area contributed by atoms with Gasteiger partial charge in [0.2, 0.25) is 21.8 Å². The predicted molar refractivity (Wildman–Crippen MR) is 118 cm³/mol. The van der Waals surface area contributed by atoms with Gasteiger partial charge in [-0.05, 0) is 56.5 Å². The zero-order valence-corrected chi connectivity index (χ0v) is 19.0. The summed E-state index contributed by atoms with van der Waals surface area (Å²) in [6.45, 7) is 4.99. The summed E-state index contributed by atoms with van der Waals surface area (Å²) >= 11 is 6.21. The number of sulfonamides is 1. The third-order valence-electron chi connectivity index (χ3n) is 5.39. The molecule has 31 heavy (non-hydrogen) atoms. The molecule has 164 valence electrons. The Balaban J connectivity index is 1.55. The fraction of sp³-hybridized carbons (Fsp3) is 0.364. The minimum atomic E-state index is -3.71. The Hall–Kier alpha value is -2.42. The summed E-state index contributed by atoms with van der Waals surface area (Å²) in [5.74, 6) is 1.22. The number of aromatic nitrogens is 2. The molecule has 1 saturated heterocycles. The molecule has 1 aliphatic rings. The molecule has 0 unspecified atom stereocenters. The lowest BCUT2D eigenvalue weighted by molar-refractivity contribution is 0.286. The third-order valence-corrected chi connectivity index (χ3v) is 7.55. The number of halogens is 1. The predicted octanol–water partition coefficient (Wildman–Crippen LogP) is 4.67. The van der Waals surface area contributed by atoms with E-state index < -0.39 is 10.0 Å². The third kappa shape index (κ3) is 4.46. The summed E-state index contributed by atoms with van der Waals surface area (Å²) in [6, 6.07) is 12.3. The van der Waals surface area contributed by atoms with E-state index in [2.05, 4.69) is 10.2 Å². The second kappa shape index (κ2) is 8.98. The van der Waals surface area contributed by atoms with Gasteiger partial charge in [-0.3, -0.25) is 0 Å². The Bertz CT molecular complexity index is 1180. The largest absolute Gasteiger partial charge is 0.492 e. The fourth-order valence-electron chi connectivity index (χ4n) is 3.75. The van der Waals surface area contributed by atoms with Crippen molar-refractivity contribution in [2.24, 2.45) is 0 Å². The number of benzene rings is 2. The molecular weight excluding hydrogens is 438 g/mol. The van der Waals surface area contributed by atoms with Crippen LogP contribution in [0.1, 0.15) is 37.1 Å². The number of rotatable bonds is 6. The van der Waals surface area contributed by atoms with Gasteiger partial charge in [0.1, 0.15) is 5.75 Å². The second-order valence-electron chi connectivity index (χ2n) is 7.49. The summed E-state index contributed by atoms with van der Waals surface area (Å²) < 4.78 is 39.2. The first-order chi connectivity index (χ1) is 14.9. The van der Waals surface area contributed by atoms with Crippen LogP contribution in [-0.4, -0.2) is 42.6 Å². The molecular formula is C22H24ClN3O4S. The van der Waals surface area contributed by atoms with Crippen LogP contribution in [0, 0.1) is 6.92 Å².